The Kier molecular flexibility index (Phi) is 7.11. The first-order valence-electron chi connectivity index (χ1n) is 7.69. The molecule has 0 spiro atoms. The molecule has 0 unspecified atom stereocenters. The molecule has 2 amide bonds. The molecule has 7 nitrogen and oxygen atoms in total. The van der Waals surface area contributed by atoms with Gasteiger partial charge < -0.3 is 16.2 Å². The van der Waals surface area contributed by atoms with Crippen LogP contribution in [0.4, 0.5) is 0 Å². The molecule has 3 rings (SSSR count). The first-order chi connectivity index (χ1) is 11.4. The van der Waals surface area contributed by atoms with Crippen LogP contribution in [0.3, 0.4) is 0 Å². The van der Waals surface area contributed by atoms with Crippen molar-refractivity contribution in [3.63, 3.8) is 0 Å². The van der Waals surface area contributed by atoms with Crippen molar-refractivity contribution in [3.05, 3.63) is 35.1 Å². The molecule has 0 bridgehead atoms. The van der Waals surface area contributed by atoms with Gasteiger partial charge in [-0.25, -0.2) is 4.79 Å². The van der Waals surface area contributed by atoms with E-state index < -0.39 is 29.9 Å². The number of nitrogens with two attached hydrogens (primary N) is 1. The van der Waals surface area contributed by atoms with Crippen molar-refractivity contribution in [2.45, 2.75) is 37.2 Å². The van der Waals surface area contributed by atoms with E-state index in [0.29, 0.717) is 17.7 Å². The number of fused-ring (bicyclic) bond motifs is 1. The third kappa shape index (κ3) is 3.97. The van der Waals surface area contributed by atoms with Gasteiger partial charge in [0.05, 0.1) is 0 Å². The molecule has 2 heterocycles. The average Bonchev–Trinajstić information content (AvgIpc) is 2.59. The minimum atomic E-state index is -1.12. The molecule has 0 radical (unpaired) electrons. The zero-order valence-electron chi connectivity index (χ0n) is 13.2. The quantitative estimate of drug-likeness (QED) is 0.346. The van der Waals surface area contributed by atoms with Crippen LogP contribution in [0.2, 0.25) is 0 Å². The van der Waals surface area contributed by atoms with Crippen molar-refractivity contribution < 1.29 is 19.5 Å². The fourth-order valence-electron chi connectivity index (χ4n) is 3.06. The molecule has 9 heteroatoms. The van der Waals surface area contributed by atoms with Crippen LogP contribution in [0.25, 0.3) is 0 Å². The Labute approximate surface area is 192 Å². The Morgan fingerprint density at radius 3 is 2.76 bits per heavy atom. The second kappa shape index (κ2) is 8.51. The van der Waals surface area contributed by atoms with E-state index in [1.165, 1.54) is 16.7 Å². The predicted octanol–water partition coefficient (Wildman–Crippen LogP) is -0.300. The van der Waals surface area contributed by atoms with Crippen LogP contribution >= 0.6 is 11.8 Å². The summed E-state index contributed by atoms with van der Waals surface area (Å²) in [5, 5.41) is 11.6. The van der Waals surface area contributed by atoms with Gasteiger partial charge in [0.15, 0.2) is 0 Å². The summed E-state index contributed by atoms with van der Waals surface area (Å²) in [7, 11) is 0. The summed E-state index contributed by atoms with van der Waals surface area (Å²) in [4.78, 5) is 37.3. The first kappa shape index (κ1) is 20.9. The van der Waals surface area contributed by atoms with E-state index in [2.05, 4.69) is 5.32 Å². The summed E-state index contributed by atoms with van der Waals surface area (Å²) < 4.78 is 0. The summed E-state index contributed by atoms with van der Waals surface area (Å²) in [5.41, 5.74) is 7.49. The van der Waals surface area contributed by atoms with Crippen LogP contribution in [-0.4, -0.2) is 102 Å². The van der Waals surface area contributed by atoms with Crippen LogP contribution in [0.1, 0.15) is 19.8 Å². The number of carboxylic acids is 1. The second-order valence-corrected chi connectivity index (χ2v) is 7.10. The number of hydrogen-bond acceptors (Lipinski definition) is 5. The number of carbonyl (C=O) groups excluding carboxylic acids is 2. The van der Waals surface area contributed by atoms with Crippen molar-refractivity contribution in [2.75, 3.05) is 5.75 Å². The van der Waals surface area contributed by atoms with Crippen molar-refractivity contribution in [2.24, 2.45) is 5.73 Å². The topological polar surface area (TPSA) is 113 Å². The normalized spacial score (nSPS) is 26.1. The average molecular weight is 390 g/mol. The van der Waals surface area contributed by atoms with E-state index in [9.17, 15) is 19.5 Å². The zero-order valence-corrected chi connectivity index (χ0v) is 14.0. The number of nitrogens with zero attached hydrogens (tertiary/aromatic N) is 1. The van der Waals surface area contributed by atoms with Crippen LogP contribution in [-0.2, 0) is 14.4 Å². The number of carboxylic acid groups (broad SMARTS) is 1. The maximum atomic E-state index is 12.3. The standard InChI is InChI=1S/C16H19N3O4S.K.H/c1-8-7-24-15-11(14(21)19(15)12(8)16(22)23)18-13(20)10(17)9-5-3-2-4-6-9;;/h2-3,6,10-11,15H,4-5,7,17H2,1H3,(H,18,20)(H,22,23);;/t10-,11-,15-;;/m1../s1. The summed E-state index contributed by atoms with van der Waals surface area (Å²) in [6, 6.07) is -1.52. The fourth-order valence-corrected chi connectivity index (χ4v) is 4.35. The molecular weight excluding hydrogens is 369 g/mol. The molecule has 0 aromatic heterocycles. The number of nitrogens with one attached hydrogen (secondary N) is 1. The molecular formula is C16H20KN3O4S. The molecule has 0 aromatic carbocycles. The van der Waals surface area contributed by atoms with Gasteiger partial charge in [0.2, 0.25) is 5.91 Å². The van der Waals surface area contributed by atoms with Gasteiger partial charge in [0.1, 0.15) is 23.2 Å². The number of rotatable bonds is 4. The third-order valence-corrected chi connectivity index (χ3v) is 5.80. The van der Waals surface area contributed by atoms with E-state index in [-0.39, 0.29) is 62.5 Å². The number of allylic oxidation sites excluding steroid dienone is 3. The number of amides is 2. The Balaban J connectivity index is 0.00000225. The molecule has 0 aromatic rings. The first-order valence-corrected chi connectivity index (χ1v) is 8.74. The van der Waals surface area contributed by atoms with Crippen LogP contribution < -0.4 is 11.1 Å². The third-order valence-electron chi connectivity index (χ3n) is 4.38. The monoisotopic (exact) mass is 389 g/mol. The van der Waals surface area contributed by atoms with E-state index in [4.69, 9.17) is 5.73 Å². The van der Waals surface area contributed by atoms with Gasteiger partial charge in [0.25, 0.3) is 5.91 Å². The Morgan fingerprint density at radius 2 is 2.16 bits per heavy atom. The molecule has 1 saturated heterocycles. The molecule has 4 N–H and O–H groups in total. The predicted molar refractivity (Wildman–Crippen MR) is 96.9 cm³/mol. The van der Waals surface area contributed by atoms with Crippen molar-refractivity contribution in [3.8, 4) is 0 Å². The van der Waals surface area contributed by atoms with Crippen LogP contribution in [0.5, 0.6) is 0 Å². The van der Waals surface area contributed by atoms with Crippen molar-refractivity contribution >= 4 is 80.9 Å². The van der Waals surface area contributed by atoms with Crippen molar-refractivity contribution in [1.29, 1.82) is 0 Å². The number of aliphatic carboxylic acids is 1. The molecule has 1 aliphatic carbocycles. The summed E-state index contributed by atoms with van der Waals surface area (Å²) in [6.45, 7) is 1.70. The van der Waals surface area contributed by atoms with E-state index >= 15 is 0 Å². The van der Waals surface area contributed by atoms with Crippen LogP contribution in [0.15, 0.2) is 35.1 Å². The summed E-state index contributed by atoms with van der Waals surface area (Å²) in [5.74, 6) is -1.41. The Bertz CT molecular complexity index is 703. The maximum absolute atomic E-state index is 12.3. The molecule has 2 aliphatic heterocycles. The molecule has 0 saturated carbocycles. The molecule has 3 atom stereocenters. The minimum absolute atomic E-state index is 0. The molecule has 1 fully saturated rings. The Hall–Kier alpha value is -0.424. The number of carbonyl (C=O) groups is 3. The SMILES string of the molecule is CC1=C(C(=O)O)N2C(=O)[C@@H](NC(=O)[C@H](N)C3=CCC=CC3)[C@H]2SC1.[KH]. The van der Waals surface area contributed by atoms with E-state index in [1.807, 2.05) is 18.2 Å². The number of thioether (sulfide) groups is 1. The number of β-lactam (4-membered cyclic amide) rings is 1. The van der Waals surface area contributed by atoms with Crippen LogP contribution in [0, 0.1) is 0 Å². The van der Waals surface area contributed by atoms with Gasteiger partial charge in [-0.05, 0) is 30.9 Å². The summed E-state index contributed by atoms with van der Waals surface area (Å²) in [6.07, 6.45) is 7.26. The van der Waals surface area contributed by atoms with Gasteiger partial charge in [-0.2, -0.15) is 0 Å². The molecule has 130 valence electrons. The number of hydrogen-bond donors (Lipinski definition) is 3. The Morgan fingerprint density at radius 1 is 1.44 bits per heavy atom. The van der Waals surface area contributed by atoms with Gasteiger partial charge in [-0.15, -0.1) is 11.8 Å². The van der Waals surface area contributed by atoms with E-state index in [0.717, 1.165) is 12.0 Å². The van der Waals surface area contributed by atoms with E-state index in [1.54, 1.807) is 6.92 Å². The second-order valence-electron chi connectivity index (χ2n) is 6.00. The molecule has 25 heavy (non-hydrogen) atoms. The fraction of sp³-hybridized carbons (Fsp3) is 0.438. The van der Waals surface area contributed by atoms with Gasteiger partial charge in [-0.1, -0.05) is 18.2 Å². The van der Waals surface area contributed by atoms with Crippen molar-refractivity contribution in [1.82, 2.24) is 10.2 Å². The molecule has 3 aliphatic rings. The van der Waals surface area contributed by atoms with Gasteiger partial charge in [-0.3, -0.25) is 14.5 Å². The summed E-state index contributed by atoms with van der Waals surface area (Å²) >= 11 is 1.45. The van der Waals surface area contributed by atoms with Gasteiger partial charge >= 0.3 is 57.4 Å². The van der Waals surface area contributed by atoms with Gasteiger partial charge in [0, 0.05) is 5.75 Å². The zero-order chi connectivity index (χ0) is 17.4.